The third-order valence-electron chi connectivity index (χ3n) is 6.90. The zero-order valence-electron chi connectivity index (χ0n) is 24.3. The van der Waals surface area contributed by atoms with Crippen LogP contribution in [0.15, 0.2) is 54.6 Å². The van der Waals surface area contributed by atoms with E-state index in [4.69, 9.17) is 10.5 Å². The fourth-order valence-corrected chi connectivity index (χ4v) is 4.58. The summed E-state index contributed by atoms with van der Waals surface area (Å²) in [6.45, 7) is 4.83. The van der Waals surface area contributed by atoms with Crippen molar-refractivity contribution in [2.45, 2.75) is 70.2 Å². The third-order valence-corrected chi connectivity index (χ3v) is 6.90. The first-order chi connectivity index (χ1) is 20.1. The van der Waals surface area contributed by atoms with Crippen molar-refractivity contribution in [2.24, 2.45) is 11.7 Å². The van der Waals surface area contributed by atoms with Crippen molar-refractivity contribution >= 4 is 23.6 Å². The molecule has 2 aromatic rings. The van der Waals surface area contributed by atoms with Crippen molar-refractivity contribution in [1.29, 1.82) is 0 Å². The van der Waals surface area contributed by atoms with Crippen LogP contribution in [0.4, 0.5) is 0 Å². The quantitative estimate of drug-likeness (QED) is 0.225. The number of aliphatic hydroxyl groups excluding tert-OH is 1. The molecule has 0 saturated heterocycles. The molecule has 0 aromatic heterocycles. The van der Waals surface area contributed by atoms with Gasteiger partial charge in [-0.05, 0) is 48.4 Å². The number of nitrogens with one attached hydrogen (secondary N) is 4. The van der Waals surface area contributed by atoms with Gasteiger partial charge in [0.1, 0.15) is 11.8 Å². The van der Waals surface area contributed by atoms with Gasteiger partial charge in [0, 0.05) is 19.5 Å². The Morgan fingerprint density at radius 2 is 1.76 bits per heavy atom. The Bertz CT molecular complexity index is 1170. The third kappa shape index (κ3) is 11.1. The molecule has 0 radical (unpaired) electrons. The minimum absolute atomic E-state index is 0.00835. The molecular formula is C31H43N5O6. The zero-order chi connectivity index (χ0) is 30.5. The maximum atomic E-state index is 13.3. The number of hydrogen-bond donors (Lipinski definition) is 6. The summed E-state index contributed by atoms with van der Waals surface area (Å²) in [6.07, 6.45) is -0.351. The fourth-order valence-electron chi connectivity index (χ4n) is 4.58. The standard InChI is InChI=1S/C31H43N5O6/c1-20(2)18-34-30(40)25(16-21-7-4-3-5-8-21)33-19-27(37)24-15-22-10-12-23(13-11-22)42-14-6-9-29(39)35-26(17-28(32)38)31(41)36-24/h3-5,7-8,10-13,20,24-27,33,37H,6,9,14-19H2,1-2H3,(H2,32,38)(H,34,40)(H,35,39)(H,36,41)/t24-,25-,26-,27?/m0/s1. The number of rotatable bonds is 11. The Morgan fingerprint density at radius 3 is 2.43 bits per heavy atom. The highest BCUT2D eigenvalue weighted by Crippen LogP contribution is 2.16. The van der Waals surface area contributed by atoms with Gasteiger partial charge < -0.3 is 36.8 Å². The van der Waals surface area contributed by atoms with Gasteiger partial charge in [0.05, 0.1) is 31.2 Å². The summed E-state index contributed by atoms with van der Waals surface area (Å²) in [5.41, 5.74) is 7.14. The molecule has 2 bridgehead atoms. The van der Waals surface area contributed by atoms with Crippen LogP contribution < -0.4 is 31.7 Å². The summed E-state index contributed by atoms with van der Waals surface area (Å²) in [4.78, 5) is 50.5. The molecule has 4 amide bonds. The van der Waals surface area contributed by atoms with E-state index < -0.39 is 48.4 Å². The van der Waals surface area contributed by atoms with Crippen molar-refractivity contribution in [2.75, 3.05) is 19.7 Å². The van der Waals surface area contributed by atoms with Crippen LogP contribution in [0.3, 0.4) is 0 Å². The average molecular weight is 582 g/mol. The number of ether oxygens (including phenoxy) is 1. The monoisotopic (exact) mass is 581 g/mol. The van der Waals surface area contributed by atoms with Gasteiger partial charge in [-0.25, -0.2) is 0 Å². The van der Waals surface area contributed by atoms with Crippen molar-refractivity contribution in [1.82, 2.24) is 21.3 Å². The lowest BCUT2D eigenvalue weighted by Gasteiger charge is -2.28. The van der Waals surface area contributed by atoms with Gasteiger partial charge in [-0.15, -0.1) is 0 Å². The topological polar surface area (TPSA) is 172 Å². The van der Waals surface area contributed by atoms with Gasteiger partial charge in [0.2, 0.25) is 23.6 Å². The summed E-state index contributed by atoms with van der Waals surface area (Å²) >= 11 is 0. The fraction of sp³-hybridized carbons (Fsp3) is 0.484. The lowest BCUT2D eigenvalue weighted by atomic mass is 9.99. The molecule has 228 valence electrons. The Kier molecular flexibility index (Phi) is 12.8. The highest BCUT2D eigenvalue weighted by Gasteiger charge is 2.29. The maximum Gasteiger partial charge on any atom is 0.243 e. The van der Waals surface area contributed by atoms with Crippen LogP contribution in [-0.4, -0.2) is 72.7 Å². The molecule has 2 aliphatic heterocycles. The molecule has 0 aliphatic carbocycles. The lowest BCUT2D eigenvalue weighted by molar-refractivity contribution is -0.132. The van der Waals surface area contributed by atoms with E-state index in [0.717, 1.165) is 11.1 Å². The summed E-state index contributed by atoms with van der Waals surface area (Å²) in [5.74, 6) is -1.08. The van der Waals surface area contributed by atoms with Gasteiger partial charge >= 0.3 is 0 Å². The molecule has 1 unspecified atom stereocenters. The van der Waals surface area contributed by atoms with E-state index in [0.29, 0.717) is 31.7 Å². The number of carbonyl (C=O) groups is 4. The normalized spacial score (nSPS) is 19.4. The second kappa shape index (κ2) is 16.5. The van der Waals surface area contributed by atoms with E-state index in [2.05, 4.69) is 21.3 Å². The second-order valence-corrected chi connectivity index (χ2v) is 11.1. The molecule has 11 heteroatoms. The van der Waals surface area contributed by atoms with Gasteiger partial charge in [0.15, 0.2) is 0 Å². The van der Waals surface area contributed by atoms with Crippen LogP contribution in [0, 0.1) is 5.92 Å². The van der Waals surface area contributed by atoms with Crippen molar-refractivity contribution in [3.05, 3.63) is 65.7 Å². The summed E-state index contributed by atoms with van der Waals surface area (Å²) in [5, 5.41) is 22.8. The number of hydrogen-bond acceptors (Lipinski definition) is 7. The maximum absolute atomic E-state index is 13.3. The molecular weight excluding hydrogens is 538 g/mol. The van der Waals surface area contributed by atoms with Gasteiger partial charge in [-0.3, -0.25) is 19.2 Å². The SMILES string of the molecule is CC(C)CNC(=O)[C@H](Cc1ccccc1)NCC(O)[C@@H]1Cc2ccc(cc2)OCCCC(=O)N[C@@H](CC(N)=O)C(=O)N1. The molecule has 2 aliphatic rings. The highest BCUT2D eigenvalue weighted by atomic mass is 16.5. The van der Waals surface area contributed by atoms with E-state index in [-0.39, 0.29) is 31.2 Å². The first-order valence-electron chi connectivity index (χ1n) is 14.4. The highest BCUT2D eigenvalue weighted by molar-refractivity contribution is 5.91. The van der Waals surface area contributed by atoms with Crippen molar-refractivity contribution in [3.63, 3.8) is 0 Å². The average Bonchev–Trinajstić information content (AvgIpc) is 2.96. The van der Waals surface area contributed by atoms with E-state index in [9.17, 15) is 24.3 Å². The molecule has 0 saturated carbocycles. The Labute approximate surface area is 247 Å². The molecule has 7 N–H and O–H groups in total. The zero-order valence-corrected chi connectivity index (χ0v) is 24.3. The van der Waals surface area contributed by atoms with Crippen LogP contribution in [0.25, 0.3) is 0 Å². The van der Waals surface area contributed by atoms with Crippen LogP contribution in [0.2, 0.25) is 0 Å². The largest absolute Gasteiger partial charge is 0.494 e. The predicted octanol–water partition coefficient (Wildman–Crippen LogP) is 0.581. The van der Waals surface area contributed by atoms with Crippen LogP contribution in [-0.2, 0) is 32.0 Å². The second-order valence-electron chi connectivity index (χ2n) is 11.1. The van der Waals surface area contributed by atoms with Crippen LogP contribution in [0.5, 0.6) is 5.75 Å². The molecule has 2 heterocycles. The van der Waals surface area contributed by atoms with Gasteiger partial charge in [0.25, 0.3) is 0 Å². The van der Waals surface area contributed by atoms with Crippen LogP contribution >= 0.6 is 0 Å². The van der Waals surface area contributed by atoms with Crippen molar-refractivity contribution < 1.29 is 29.0 Å². The Morgan fingerprint density at radius 1 is 1.05 bits per heavy atom. The minimum Gasteiger partial charge on any atom is -0.494 e. The van der Waals surface area contributed by atoms with Gasteiger partial charge in [-0.2, -0.15) is 0 Å². The number of nitrogens with two attached hydrogens (primary N) is 1. The number of amides is 4. The van der Waals surface area contributed by atoms with E-state index in [1.807, 2.05) is 56.3 Å². The summed E-state index contributed by atoms with van der Waals surface area (Å²) in [6, 6.07) is 14.2. The van der Waals surface area contributed by atoms with Crippen LogP contribution in [0.1, 0.15) is 44.2 Å². The Balaban J connectivity index is 1.80. The molecule has 4 rings (SSSR count). The lowest BCUT2D eigenvalue weighted by Crippen LogP contribution is -2.57. The first kappa shape index (κ1) is 32.6. The number of carbonyl (C=O) groups excluding carboxylic acids is 4. The van der Waals surface area contributed by atoms with Crippen molar-refractivity contribution in [3.8, 4) is 5.75 Å². The molecule has 0 spiro atoms. The molecule has 42 heavy (non-hydrogen) atoms. The Hall–Kier alpha value is -3.96. The van der Waals surface area contributed by atoms with E-state index in [1.165, 1.54) is 0 Å². The summed E-state index contributed by atoms with van der Waals surface area (Å²) in [7, 11) is 0. The molecule has 4 atom stereocenters. The van der Waals surface area contributed by atoms with E-state index in [1.54, 1.807) is 12.1 Å². The predicted molar refractivity (Wildman–Crippen MR) is 158 cm³/mol. The minimum atomic E-state index is -1.20. The molecule has 11 nitrogen and oxygen atoms in total. The van der Waals surface area contributed by atoms with E-state index >= 15 is 0 Å². The smallest absolute Gasteiger partial charge is 0.243 e. The number of fused-ring (bicyclic) bond motifs is 12. The summed E-state index contributed by atoms with van der Waals surface area (Å²) < 4.78 is 5.71. The van der Waals surface area contributed by atoms with Gasteiger partial charge in [-0.1, -0.05) is 56.3 Å². The number of aliphatic hydroxyl groups is 1. The molecule has 0 fully saturated rings. The molecule has 2 aromatic carbocycles. The number of primary amides is 1. The first-order valence-corrected chi connectivity index (χ1v) is 14.4. The number of benzene rings is 2.